The highest BCUT2D eigenvalue weighted by Crippen LogP contribution is 2.07. The third kappa shape index (κ3) is 7.84. The molecule has 20 heavy (non-hydrogen) atoms. The average molecular weight is 409 g/mol. The lowest BCUT2D eigenvalue weighted by molar-refractivity contribution is 0.281. The van der Waals surface area contributed by atoms with Crippen LogP contribution in [0, 0.1) is 0 Å². The summed E-state index contributed by atoms with van der Waals surface area (Å²) in [5.74, 6) is 2.89. The van der Waals surface area contributed by atoms with Gasteiger partial charge in [0.25, 0.3) is 0 Å². The van der Waals surface area contributed by atoms with Crippen molar-refractivity contribution in [2.75, 3.05) is 45.8 Å². The lowest BCUT2D eigenvalue weighted by Crippen LogP contribution is -2.41. The summed E-state index contributed by atoms with van der Waals surface area (Å²) in [4.78, 5) is 6.32. The van der Waals surface area contributed by atoms with Gasteiger partial charge in [-0.3, -0.25) is 4.99 Å². The van der Waals surface area contributed by atoms with Crippen molar-refractivity contribution >= 4 is 41.7 Å². The van der Waals surface area contributed by atoms with Gasteiger partial charge in [-0.1, -0.05) is 18.2 Å². The Bertz CT molecular complexity index is 376. The summed E-state index contributed by atoms with van der Waals surface area (Å²) in [7, 11) is 3.82. The number of para-hydroxylation sites is 1. The molecule has 0 bridgehead atoms. The van der Waals surface area contributed by atoms with E-state index in [4.69, 9.17) is 4.74 Å². The van der Waals surface area contributed by atoms with Crippen LogP contribution in [0.2, 0.25) is 0 Å². The number of halogens is 1. The molecule has 0 spiro atoms. The zero-order valence-corrected chi connectivity index (χ0v) is 15.5. The van der Waals surface area contributed by atoms with Crippen molar-refractivity contribution in [2.24, 2.45) is 4.99 Å². The van der Waals surface area contributed by atoms with Crippen LogP contribution in [0.3, 0.4) is 0 Å². The second kappa shape index (κ2) is 12.1. The molecule has 0 aliphatic carbocycles. The van der Waals surface area contributed by atoms with Gasteiger partial charge in [0.05, 0.1) is 6.54 Å². The van der Waals surface area contributed by atoms with Crippen LogP contribution in [-0.2, 0) is 0 Å². The molecule has 0 saturated carbocycles. The molecular formula is C14H24IN3OS. The Balaban J connectivity index is 0.00000361. The van der Waals surface area contributed by atoms with E-state index in [1.807, 2.05) is 49.1 Å². The van der Waals surface area contributed by atoms with E-state index in [0.717, 1.165) is 30.6 Å². The Morgan fingerprint density at radius 3 is 2.65 bits per heavy atom. The van der Waals surface area contributed by atoms with E-state index in [2.05, 4.69) is 21.5 Å². The number of benzene rings is 1. The molecule has 0 atom stereocenters. The van der Waals surface area contributed by atoms with Crippen LogP contribution in [0.25, 0.3) is 0 Å². The molecule has 6 heteroatoms. The van der Waals surface area contributed by atoms with Gasteiger partial charge < -0.3 is 15.0 Å². The Hall–Kier alpha value is -0.630. The van der Waals surface area contributed by atoms with Crippen LogP contribution in [0.15, 0.2) is 35.3 Å². The van der Waals surface area contributed by atoms with Crippen LogP contribution in [-0.4, -0.2) is 56.7 Å². The van der Waals surface area contributed by atoms with Gasteiger partial charge in [0.2, 0.25) is 0 Å². The summed E-state index contributed by atoms with van der Waals surface area (Å²) in [6.07, 6.45) is 2.10. The van der Waals surface area contributed by atoms with Crippen LogP contribution in [0.4, 0.5) is 0 Å². The van der Waals surface area contributed by atoms with E-state index in [9.17, 15) is 0 Å². The summed E-state index contributed by atoms with van der Waals surface area (Å²) in [5.41, 5.74) is 0. The van der Waals surface area contributed by atoms with E-state index in [1.165, 1.54) is 0 Å². The fraction of sp³-hybridized carbons (Fsp3) is 0.500. The van der Waals surface area contributed by atoms with Crippen molar-refractivity contribution < 1.29 is 4.74 Å². The quantitative estimate of drug-likeness (QED) is 0.325. The number of hydrogen-bond donors (Lipinski definition) is 1. The fourth-order valence-corrected chi connectivity index (χ4v) is 1.88. The number of guanidine groups is 1. The zero-order chi connectivity index (χ0) is 13.9. The van der Waals surface area contributed by atoms with Crippen molar-refractivity contribution in [3.8, 4) is 5.75 Å². The normalized spacial score (nSPS) is 10.7. The molecule has 0 radical (unpaired) electrons. The largest absolute Gasteiger partial charge is 0.492 e. The highest BCUT2D eigenvalue weighted by molar-refractivity contribution is 14.0. The maximum absolute atomic E-state index is 5.67. The first-order valence-corrected chi connectivity index (χ1v) is 7.76. The van der Waals surface area contributed by atoms with Gasteiger partial charge in [-0.05, 0) is 18.4 Å². The van der Waals surface area contributed by atoms with Crippen molar-refractivity contribution in [1.29, 1.82) is 0 Å². The molecule has 0 heterocycles. The van der Waals surface area contributed by atoms with Crippen LogP contribution >= 0.6 is 35.7 Å². The third-order valence-corrected chi connectivity index (χ3v) is 3.21. The van der Waals surface area contributed by atoms with Crippen LogP contribution in [0.1, 0.15) is 0 Å². The second-order valence-electron chi connectivity index (χ2n) is 4.05. The maximum Gasteiger partial charge on any atom is 0.193 e. The number of thioether (sulfide) groups is 1. The Kier molecular flexibility index (Phi) is 11.8. The minimum atomic E-state index is 0. The van der Waals surface area contributed by atoms with Gasteiger partial charge in [0, 0.05) is 26.4 Å². The fourth-order valence-electron chi connectivity index (χ4n) is 1.57. The SMILES string of the molecule is CN=C(NCCSC)N(C)CCOc1ccccc1.I. The highest BCUT2D eigenvalue weighted by atomic mass is 127. The molecule has 0 unspecified atom stereocenters. The summed E-state index contributed by atoms with van der Waals surface area (Å²) in [6.45, 7) is 2.37. The maximum atomic E-state index is 5.67. The number of hydrogen-bond acceptors (Lipinski definition) is 3. The molecule has 0 aromatic heterocycles. The van der Waals surface area contributed by atoms with Crippen LogP contribution < -0.4 is 10.1 Å². The Labute approximate surface area is 143 Å². The first-order chi connectivity index (χ1) is 9.27. The molecule has 1 rings (SSSR count). The van der Waals surface area contributed by atoms with Gasteiger partial charge >= 0.3 is 0 Å². The minimum absolute atomic E-state index is 0. The average Bonchev–Trinajstić information content (AvgIpc) is 2.44. The number of likely N-dealkylation sites (N-methyl/N-ethyl adjacent to an activating group) is 1. The Morgan fingerprint density at radius 2 is 2.05 bits per heavy atom. The summed E-state index contributed by atoms with van der Waals surface area (Å²) >= 11 is 1.82. The summed E-state index contributed by atoms with van der Waals surface area (Å²) < 4.78 is 5.67. The molecule has 1 N–H and O–H groups in total. The van der Waals surface area contributed by atoms with Crippen molar-refractivity contribution in [3.63, 3.8) is 0 Å². The smallest absolute Gasteiger partial charge is 0.193 e. The van der Waals surface area contributed by atoms with Gasteiger partial charge in [-0.2, -0.15) is 11.8 Å². The third-order valence-electron chi connectivity index (χ3n) is 2.60. The second-order valence-corrected chi connectivity index (χ2v) is 5.04. The van der Waals surface area contributed by atoms with E-state index in [1.54, 1.807) is 7.05 Å². The number of ether oxygens (including phenoxy) is 1. The molecule has 0 saturated heterocycles. The van der Waals surface area contributed by atoms with Gasteiger partial charge in [-0.15, -0.1) is 24.0 Å². The van der Waals surface area contributed by atoms with Crippen molar-refractivity contribution in [2.45, 2.75) is 0 Å². The van der Waals surface area contributed by atoms with E-state index >= 15 is 0 Å². The molecular weight excluding hydrogens is 385 g/mol. The van der Waals surface area contributed by atoms with Gasteiger partial charge in [0.15, 0.2) is 5.96 Å². The number of nitrogens with zero attached hydrogens (tertiary/aromatic N) is 2. The van der Waals surface area contributed by atoms with Gasteiger partial charge in [0.1, 0.15) is 12.4 Å². The van der Waals surface area contributed by atoms with Crippen LogP contribution in [0.5, 0.6) is 5.75 Å². The zero-order valence-electron chi connectivity index (χ0n) is 12.3. The number of rotatable bonds is 7. The molecule has 4 nitrogen and oxygen atoms in total. The molecule has 1 aromatic rings. The van der Waals surface area contributed by atoms with E-state index in [0.29, 0.717) is 6.61 Å². The molecule has 114 valence electrons. The van der Waals surface area contributed by atoms with E-state index in [-0.39, 0.29) is 24.0 Å². The van der Waals surface area contributed by atoms with Crippen molar-refractivity contribution in [1.82, 2.24) is 10.2 Å². The van der Waals surface area contributed by atoms with Crippen molar-refractivity contribution in [3.05, 3.63) is 30.3 Å². The van der Waals surface area contributed by atoms with E-state index < -0.39 is 0 Å². The number of aliphatic imine (C=N–C) groups is 1. The predicted molar refractivity (Wildman–Crippen MR) is 99.7 cm³/mol. The molecule has 1 aromatic carbocycles. The molecule has 0 amide bonds. The molecule has 0 fully saturated rings. The number of nitrogens with one attached hydrogen (secondary N) is 1. The molecule has 0 aliphatic heterocycles. The molecule has 0 aliphatic rings. The van der Waals surface area contributed by atoms with Gasteiger partial charge in [-0.25, -0.2) is 0 Å². The monoisotopic (exact) mass is 409 g/mol. The first kappa shape index (κ1) is 19.4. The first-order valence-electron chi connectivity index (χ1n) is 6.36. The predicted octanol–water partition coefficient (Wildman–Crippen LogP) is 2.55. The minimum Gasteiger partial charge on any atom is -0.492 e. The highest BCUT2D eigenvalue weighted by Gasteiger charge is 2.04. The summed E-state index contributed by atoms with van der Waals surface area (Å²) in [5, 5.41) is 3.32. The topological polar surface area (TPSA) is 36.9 Å². The summed E-state index contributed by atoms with van der Waals surface area (Å²) in [6, 6.07) is 9.86. The lowest BCUT2D eigenvalue weighted by Gasteiger charge is -2.22. The standard InChI is InChI=1S/C14H23N3OS.HI/c1-15-14(16-9-12-19-3)17(2)10-11-18-13-7-5-4-6-8-13;/h4-8H,9-12H2,1-3H3,(H,15,16);1H. The Morgan fingerprint density at radius 1 is 1.35 bits per heavy atom. The lowest BCUT2D eigenvalue weighted by atomic mass is 10.3.